The molecule has 0 aliphatic heterocycles. The van der Waals surface area contributed by atoms with Crippen LogP contribution in [0.1, 0.15) is 16.7 Å². The van der Waals surface area contributed by atoms with E-state index in [0.29, 0.717) is 0 Å². The van der Waals surface area contributed by atoms with Crippen molar-refractivity contribution in [3.05, 3.63) is 150 Å². The molecule has 0 aromatic heterocycles. The molecule has 0 unspecified atom stereocenters. The molecule has 0 aliphatic rings. The summed E-state index contributed by atoms with van der Waals surface area (Å²) in [5.41, 5.74) is 5.34. The van der Waals surface area contributed by atoms with Crippen molar-refractivity contribution in [3.63, 3.8) is 0 Å². The fourth-order valence-corrected chi connectivity index (χ4v) is 4.78. The minimum atomic E-state index is -4.27. The molecule has 0 N–H and O–H groups in total. The SMILES string of the molecule is Cc1ccc(S(=O)(=O)[O-])cc1.Cc1ccc(S(=O)(=O)[O-])cc1.Cc1ccc(S(=O)(=O)[O-])cc1.[Bi+3].c1ccc(-c2ccccc2)cc1. The van der Waals surface area contributed by atoms with E-state index in [9.17, 15) is 38.9 Å². The molecule has 0 saturated carbocycles. The normalized spacial score (nSPS) is 10.7. The standard InChI is InChI=1S/C12H10.3C7H8O3S.Bi/c1-3-7-11(8-4-1)12-9-5-2-6-10-12;3*1-6-2-4-7(5-3-6)11(8,9)10;/h1-10H;3*2-5H,1H3,(H,8,9,10);/q;;;;+3/p-3. The molecule has 0 spiro atoms. The van der Waals surface area contributed by atoms with Crippen LogP contribution in [0.2, 0.25) is 0 Å². The van der Waals surface area contributed by atoms with Gasteiger partial charge in [0.2, 0.25) is 0 Å². The predicted octanol–water partition coefficient (Wildman–Crippen LogP) is 5.67. The van der Waals surface area contributed by atoms with Gasteiger partial charge < -0.3 is 13.7 Å². The summed E-state index contributed by atoms with van der Waals surface area (Å²) in [6.45, 7) is 5.46. The zero-order chi connectivity index (χ0) is 33.7. The quantitative estimate of drug-likeness (QED) is 0.163. The Bertz CT molecular complexity index is 1740. The maximum Gasteiger partial charge on any atom is 3.00 e. The number of hydrogen-bond donors (Lipinski definition) is 0. The Morgan fingerprint density at radius 2 is 0.543 bits per heavy atom. The fraction of sp³-hybridized carbons (Fsp3) is 0.0909. The first kappa shape index (κ1) is 40.7. The maximum absolute atomic E-state index is 10.4. The molecule has 0 heterocycles. The monoisotopic (exact) mass is 876 g/mol. The average molecular weight is 877 g/mol. The Labute approximate surface area is 290 Å². The number of aryl methyl sites for hydroxylation is 3. The van der Waals surface area contributed by atoms with Crippen LogP contribution in [0, 0.1) is 20.8 Å². The van der Waals surface area contributed by atoms with Crippen LogP contribution in [0.15, 0.2) is 148 Å². The summed E-state index contributed by atoms with van der Waals surface area (Å²) < 4.78 is 93.5. The molecule has 2 radical (unpaired) electrons. The molecule has 5 rings (SSSR count). The number of benzene rings is 5. The molecule has 0 saturated heterocycles. The van der Waals surface area contributed by atoms with Crippen LogP contribution < -0.4 is 0 Å². The second kappa shape index (κ2) is 18.8. The second-order valence-electron chi connectivity index (χ2n) is 9.53. The van der Waals surface area contributed by atoms with Crippen LogP contribution in [0.4, 0.5) is 0 Å². The van der Waals surface area contributed by atoms with Crippen molar-refractivity contribution in [1.82, 2.24) is 0 Å². The van der Waals surface area contributed by atoms with E-state index in [1.165, 1.54) is 47.5 Å². The van der Waals surface area contributed by atoms with Gasteiger partial charge in [0.1, 0.15) is 30.4 Å². The minimum Gasteiger partial charge on any atom is -0.744 e. The first-order valence-corrected chi connectivity index (χ1v) is 17.4. The van der Waals surface area contributed by atoms with Crippen LogP contribution in [0.5, 0.6) is 0 Å². The van der Waals surface area contributed by atoms with Crippen molar-refractivity contribution >= 4 is 56.6 Å². The molecule has 13 heteroatoms. The van der Waals surface area contributed by atoms with Gasteiger partial charge in [-0.25, -0.2) is 25.3 Å². The molecule has 46 heavy (non-hydrogen) atoms. The molecular weight excluding hydrogens is 846 g/mol. The summed E-state index contributed by atoms with van der Waals surface area (Å²) in [6.07, 6.45) is 0. The van der Waals surface area contributed by atoms with Crippen LogP contribution in [-0.4, -0.2) is 65.1 Å². The minimum absolute atomic E-state index is 0. The summed E-state index contributed by atoms with van der Waals surface area (Å²) >= 11 is 0. The smallest absolute Gasteiger partial charge is 0.744 e. The third-order valence-electron chi connectivity index (χ3n) is 5.81. The van der Waals surface area contributed by atoms with Gasteiger partial charge in [-0.1, -0.05) is 114 Å². The third kappa shape index (κ3) is 15.3. The van der Waals surface area contributed by atoms with Crippen molar-refractivity contribution in [2.24, 2.45) is 0 Å². The van der Waals surface area contributed by atoms with Crippen LogP contribution in [0.3, 0.4) is 0 Å². The zero-order valence-corrected chi connectivity index (χ0v) is 31.0. The van der Waals surface area contributed by atoms with Gasteiger partial charge in [0, 0.05) is 0 Å². The Balaban J connectivity index is 0.000000305. The molecule has 0 aliphatic carbocycles. The second-order valence-corrected chi connectivity index (χ2v) is 13.7. The van der Waals surface area contributed by atoms with E-state index in [4.69, 9.17) is 0 Å². The van der Waals surface area contributed by atoms with Crippen molar-refractivity contribution in [3.8, 4) is 11.1 Å². The summed E-state index contributed by atoms with van der Waals surface area (Å²) in [6, 6.07) is 38.1. The topological polar surface area (TPSA) is 172 Å². The molecule has 240 valence electrons. The Morgan fingerprint density at radius 1 is 0.348 bits per heavy atom. The number of hydrogen-bond acceptors (Lipinski definition) is 9. The first-order chi connectivity index (χ1) is 21.0. The zero-order valence-electron chi connectivity index (χ0n) is 25.0. The Morgan fingerprint density at radius 3 is 0.717 bits per heavy atom. The van der Waals surface area contributed by atoms with E-state index in [-0.39, 0.29) is 40.9 Å². The van der Waals surface area contributed by atoms with Gasteiger partial charge in [0.05, 0.1) is 14.7 Å². The largest absolute Gasteiger partial charge is 3.00 e. The Kier molecular flexibility index (Phi) is 16.6. The molecule has 9 nitrogen and oxygen atoms in total. The molecule has 5 aromatic rings. The van der Waals surface area contributed by atoms with E-state index < -0.39 is 30.4 Å². The van der Waals surface area contributed by atoms with E-state index >= 15 is 0 Å². The van der Waals surface area contributed by atoms with Gasteiger partial charge in [0.25, 0.3) is 0 Å². The summed E-state index contributed by atoms with van der Waals surface area (Å²) in [4.78, 5) is -0.533. The molecule has 0 fully saturated rings. The van der Waals surface area contributed by atoms with Gasteiger partial charge in [0.15, 0.2) is 0 Å². The summed E-state index contributed by atoms with van der Waals surface area (Å²) in [5.74, 6) is 0. The Hall–Kier alpha value is -3.29. The predicted molar refractivity (Wildman–Crippen MR) is 175 cm³/mol. The molecule has 0 bridgehead atoms. The van der Waals surface area contributed by atoms with E-state index in [1.807, 2.05) is 32.9 Å². The van der Waals surface area contributed by atoms with Crippen LogP contribution >= 0.6 is 0 Å². The van der Waals surface area contributed by atoms with Crippen LogP contribution in [0.25, 0.3) is 11.1 Å². The van der Waals surface area contributed by atoms with Gasteiger partial charge in [-0.3, -0.25) is 0 Å². The van der Waals surface area contributed by atoms with E-state index in [2.05, 4.69) is 48.5 Å². The fourth-order valence-electron chi connectivity index (χ4n) is 3.38. The van der Waals surface area contributed by atoms with Crippen molar-refractivity contribution < 1.29 is 38.9 Å². The van der Waals surface area contributed by atoms with Crippen molar-refractivity contribution in [1.29, 1.82) is 0 Å². The molecule has 5 aromatic carbocycles. The van der Waals surface area contributed by atoms with Gasteiger partial charge in [-0.05, 0) is 68.3 Å². The van der Waals surface area contributed by atoms with Crippen molar-refractivity contribution in [2.45, 2.75) is 35.5 Å². The number of rotatable bonds is 4. The van der Waals surface area contributed by atoms with E-state index in [1.54, 1.807) is 36.4 Å². The first-order valence-electron chi connectivity index (χ1n) is 13.1. The summed E-state index contributed by atoms with van der Waals surface area (Å²) in [7, 11) is -12.8. The van der Waals surface area contributed by atoms with Gasteiger partial charge in [-0.2, -0.15) is 0 Å². The molecule has 0 atom stereocenters. The average Bonchev–Trinajstić information content (AvgIpc) is 2.98. The van der Waals surface area contributed by atoms with Crippen molar-refractivity contribution in [2.75, 3.05) is 0 Å². The molecule has 0 amide bonds. The maximum atomic E-state index is 10.4. The van der Waals surface area contributed by atoms with E-state index in [0.717, 1.165) is 16.7 Å². The molecular formula is C33H31BiO9S3. The van der Waals surface area contributed by atoms with Crippen LogP contribution in [-0.2, 0) is 30.4 Å². The van der Waals surface area contributed by atoms with Gasteiger partial charge in [-0.15, -0.1) is 0 Å². The van der Waals surface area contributed by atoms with Gasteiger partial charge >= 0.3 is 26.2 Å². The summed E-state index contributed by atoms with van der Waals surface area (Å²) in [5, 5.41) is 0. The third-order valence-corrected chi connectivity index (χ3v) is 8.36.